The van der Waals surface area contributed by atoms with E-state index in [1.54, 1.807) is 0 Å². The summed E-state index contributed by atoms with van der Waals surface area (Å²) in [6, 6.07) is 10.1. The fourth-order valence-electron chi connectivity index (χ4n) is 2.61. The van der Waals surface area contributed by atoms with Gasteiger partial charge >= 0.3 is 0 Å². The van der Waals surface area contributed by atoms with Crippen molar-refractivity contribution in [3.8, 4) is 0 Å². The summed E-state index contributed by atoms with van der Waals surface area (Å²) in [4.78, 5) is 0. The molecule has 2 unspecified atom stereocenters. The van der Waals surface area contributed by atoms with E-state index in [4.69, 9.17) is 0 Å². The first-order valence-electron chi connectivity index (χ1n) is 7.23. The van der Waals surface area contributed by atoms with Crippen LogP contribution in [0.4, 0.5) is 0 Å². The molecule has 0 aromatic heterocycles. The quantitative estimate of drug-likeness (QED) is 0.852. The monoisotopic (exact) mass is 246 g/mol. The molecule has 18 heavy (non-hydrogen) atoms. The Bertz CT molecular complexity index is 350. The highest BCUT2D eigenvalue weighted by atomic mass is 15.0. The average molecular weight is 246 g/mol. The van der Waals surface area contributed by atoms with Gasteiger partial charge in [0.05, 0.1) is 0 Å². The molecular weight excluding hydrogens is 220 g/mol. The second-order valence-electron chi connectivity index (χ2n) is 5.75. The number of hydrogen-bond acceptors (Lipinski definition) is 2. The molecule has 1 aromatic carbocycles. The van der Waals surface area contributed by atoms with E-state index < -0.39 is 0 Å². The third-order valence-corrected chi connectivity index (χ3v) is 3.89. The first kappa shape index (κ1) is 13.6. The molecule has 0 aliphatic carbocycles. The van der Waals surface area contributed by atoms with Gasteiger partial charge in [-0.05, 0) is 43.4 Å². The summed E-state index contributed by atoms with van der Waals surface area (Å²) < 4.78 is 0. The number of rotatable bonds is 4. The molecule has 1 aliphatic heterocycles. The lowest BCUT2D eigenvalue weighted by Crippen LogP contribution is -2.43. The molecule has 1 heterocycles. The van der Waals surface area contributed by atoms with Crippen LogP contribution < -0.4 is 10.6 Å². The Balaban J connectivity index is 1.93. The van der Waals surface area contributed by atoms with Crippen molar-refractivity contribution in [2.75, 3.05) is 13.1 Å². The van der Waals surface area contributed by atoms with Gasteiger partial charge in [-0.15, -0.1) is 0 Å². The SMILES string of the molecule is CC(C)c1ccc(C(C)NC2CCCNC2)cc1. The minimum Gasteiger partial charge on any atom is -0.315 e. The van der Waals surface area contributed by atoms with Crippen molar-refractivity contribution in [2.24, 2.45) is 0 Å². The zero-order valence-corrected chi connectivity index (χ0v) is 11.9. The van der Waals surface area contributed by atoms with Gasteiger partial charge in [-0.1, -0.05) is 38.1 Å². The Labute approximate surface area is 111 Å². The standard InChI is InChI=1S/C16H26N2/c1-12(2)14-6-8-15(9-7-14)13(3)18-16-5-4-10-17-11-16/h6-9,12-13,16-18H,4-5,10-11H2,1-3H3. The van der Waals surface area contributed by atoms with Crippen molar-refractivity contribution in [2.45, 2.75) is 51.6 Å². The zero-order valence-electron chi connectivity index (χ0n) is 11.9. The van der Waals surface area contributed by atoms with E-state index in [2.05, 4.69) is 55.7 Å². The maximum Gasteiger partial charge on any atom is 0.0294 e. The second kappa shape index (κ2) is 6.35. The molecule has 0 bridgehead atoms. The molecule has 1 saturated heterocycles. The van der Waals surface area contributed by atoms with Crippen molar-refractivity contribution in [3.05, 3.63) is 35.4 Å². The van der Waals surface area contributed by atoms with Crippen LogP contribution in [0.15, 0.2) is 24.3 Å². The molecule has 1 aliphatic rings. The van der Waals surface area contributed by atoms with Gasteiger partial charge in [0.1, 0.15) is 0 Å². The van der Waals surface area contributed by atoms with E-state index in [-0.39, 0.29) is 0 Å². The molecule has 2 rings (SSSR count). The topological polar surface area (TPSA) is 24.1 Å². The van der Waals surface area contributed by atoms with Crippen LogP contribution in [-0.4, -0.2) is 19.1 Å². The van der Waals surface area contributed by atoms with E-state index in [0.717, 1.165) is 6.54 Å². The van der Waals surface area contributed by atoms with Crippen LogP contribution in [0.3, 0.4) is 0 Å². The van der Waals surface area contributed by atoms with Gasteiger partial charge in [0.2, 0.25) is 0 Å². The highest BCUT2D eigenvalue weighted by Crippen LogP contribution is 2.19. The molecule has 0 spiro atoms. The van der Waals surface area contributed by atoms with Crippen LogP contribution in [0.5, 0.6) is 0 Å². The van der Waals surface area contributed by atoms with Gasteiger partial charge in [0, 0.05) is 18.6 Å². The molecule has 2 heteroatoms. The van der Waals surface area contributed by atoms with E-state index in [1.165, 1.54) is 30.5 Å². The lowest BCUT2D eigenvalue weighted by atomic mass is 9.98. The zero-order chi connectivity index (χ0) is 13.0. The number of hydrogen-bond donors (Lipinski definition) is 2. The van der Waals surface area contributed by atoms with Crippen molar-refractivity contribution < 1.29 is 0 Å². The average Bonchev–Trinajstić information content (AvgIpc) is 2.40. The third kappa shape index (κ3) is 3.56. The van der Waals surface area contributed by atoms with Crippen molar-refractivity contribution >= 4 is 0 Å². The molecule has 0 amide bonds. The van der Waals surface area contributed by atoms with Crippen molar-refractivity contribution in [3.63, 3.8) is 0 Å². The van der Waals surface area contributed by atoms with Gasteiger partial charge < -0.3 is 10.6 Å². The smallest absolute Gasteiger partial charge is 0.0294 e. The van der Waals surface area contributed by atoms with Crippen LogP contribution in [-0.2, 0) is 0 Å². The molecule has 2 nitrogen and oxygen atoms in total. The van der Waals surface area contributed by atoms with Crippen LogP contribution in [0.25, 0.3) is 0 Å². The fourth-order valence-corrected chi connectivity index (χ4v) is 2.61. The summed E-state index contributed by atoms with van der Waals surface area (Å²) in [5, 5.41) is 7.17. The van der Waals surface area contributed by atoms with Crippen LogP contribution in [0, 0.1) is 0 Å². The molecule has 0 radical (unpaired) electrons. The predicted octanol–water partition coefficient (Wildman–Crippen LogP) is 3.21. The summed E-state index contributed by atoms with van der Waals surface area (Å²) in [7, 11) is 0. The molecule has 100 valence electrons. The van der Waals surface area contributed by atoms with E-state index >= 15 is 0 Å². The Kier molecular flexibility index (Phi) is 4.79. The van der Waals surface area contributed by atoms with Crippen molar-refractivity contribution in [1.29, 1.82) is 0 Å². The largest absolute Gasteiger partial charge is 0.315 e. The summed E-state index contributed by atoms with van der Waals surface area (Å²) >= 11 is 0. The normalized spacial score (nSPS) is 22.1. The maximum absolute atomic E-state index is 3.72. The molecule has 2 N–H and O–H groups in total. The minimum atomic E-state index is 0.441. The number of nitrogens with one attached hydrogen (secondary N) is 2. The summed E-state index contributed by atoms with van der Waals surface area (Å²) in [5.41, 5.74) is 2.82. The van der Waals surface area contributed by atoms with Crippen LogP contribution >= 0.6 is 0 Å². The molecule has 2 atom stereocenters. The second-order valence-corrected chi connectivity index (χ2v) is 5.75. The number of piperidine rings is 1. The molecule has 1 fully saturated rings. The molecule has 1 aromatic rings. The Morgan fingerprint density at radius 2 is 1.78 bits per heavy atom. The van der Waals surface area contributed by atoms with Crippen LogP contribution in [0.1, 0.15) is 56.7 Å². The van der Waals surface area contributed by atoms with E-state index in [1.807, 2.05) is 0 Å². The van der Waals surface area contributed by atoms with Gasteiger partial charge in [-0.3, -0.25) is 0 Å². The van der Waals surface area contributed by atoms with Crippen molar-refractivity contribution in [1.82, 2.24) is 10.6 Å². The fraction of sp³-hybridized carbons (Fsp3) is 0.625. The summed E-state index contributed by atoms with van der Waals surface area (Å²) in [5.74, 6) is 0.616. The first-order chi connectivity index (χ1) is 8.66. The lowest BCUT2D eigenvalue weighted by Gasteiger charge is -2.27. The predicted molar refractivity (Wildman–Crippen MR) is 78.0 cm³/mol. The Hall–Kier alpha value is -0.860. The van der Waals surface area contributed by atoms with E-state index in [9.17, 15) is 0 Å². The van der Waals surface area contributed by atoms with Gasteiger partial charge in [0.15, 0.2) is 0 Å². The molecule has 0 saturated carbocycles. The minimum absolute atomic E-state index is 0.441. The van der Waals surface area contributed by atoms with Gasteiger partial charge in [-0.2, -0.15) is 0 Å². The third-order valence-electron chi connectivity index (χ3n) is 3.89. The summed E-state index contributed by atoms with van der Waals surface area (Å²) in [6.07, 6.45) is 2.58. The Morgan fingerprint density at radius 3 is 2.33 bits per heavy atom. The Morgan fingerprint density at radius 1 is 1.11 bits per heavy atom. The van der Waals surface area contributed by atoms with Crippen LogP contribution in [0.2, 0.25) is 0 Å². The van der Waals surface area contributed by atoms with Gasteiger partial charge in [-0.25, -0.2) is 0 Å². The summed E-state index contributed by atoms with van der Waals surface area (Å²) in [6.45, 7) is 9.03. The molecular formula is C16H26N2. The highest BCUT2D eigenvalue weighted by molar-refractivity contribution is 5.26. The highest BCUT2D eigenvalue weighted by Gasteiger charge is 2.15. The maximum atomic E-state index is 3.72. The first-order valence-corrected chi connectivity index (χ1v) is 7.23. The van der Waals surface area contributed by atoms with Gasteiger partial charge in [0.25, 0.3) is 0 Å². The number of benzene rings is 1. The van der Waals surface area contributed by atoms with E-state index in [0.29, 0.717) is 18.0 Å². The lowest BCUT2D eigenvalue weighted by molar-refractivity contribution is 0.362.